The molecule has 0 aliphatic heterocycles. The van der Waals surface area contributed by atoms with Crippen LogP contribution in [0.25, 0.3) is 61.0 Å². The van der Waals surface area contributed by atoms with E-state index in [4.69, 9.17) is 9.40 Å². The van der Waals surface area contributed by atoms with E-state index in [1.807, 2.05) is 36.5 Å². The van der Waals surface area contributed by atoms with Gasteiger partial charge in [0.05, 0.1) is 11.1 Å². The lowest BCUT2D eigenvalue weighted by molar-refractivity contribution is 0.645. The highest BCUT2D eigenvalue weighted by Gasteiger charge is 2.20. The maximum absolute atomic E-state index is 6.44. The summed E-state index contributed by atoms with van der Waals surface area (Å²) in [5.74, 6) is 0. The van der Waals surface area contributed by atoms with Crippen molar-refractivity contribution < 1.29 is 4.42 Å². The Bertz CT molecular complexity index is 1740. The zero-order chi connectivity index (χ0) is 22.5. The average molecular weight is 437 g/mol. The van der Waals surface area contributed by atoms with Crippen LogP contribution in [0.3, 0.4) is 0 Å². The summed E-state index contributed by atoms with van der Waals surface area (Å²) in [5, 5.41) is 3.30. The minimum atomic E-state index is 0.819. The van der Waals surface area contributed by atoms with Crippen molar-refractivity contribution in [1.82, 2.24) is 9.55 Å². The lowest BCUT2D eigenvalue weighted by Gasteiger charge is -2.12. The molecule has 0 aliphatic rings. The van der Waals surface area contributed by atoms with Gasteiger partial charge in [0.25, 0.3) is 0 Å². The summed E-state index contributed by atoms with van der Waals surface area (Å²) in [6.45, 7) is 0. The molecule has 3 aromatic heterocycles. The highest BCUT2D eigenvalue weighted by Crippen LogP contribution is 2.39. The Kier molecular flexibility index (Phi) is 4.15. The first-order valence-electron chi connectivity index (χ1n) is 11.4. The highest BCUT2D eigenvalue weighted by molar-refractivity contribution is 6.19. The van der Waals surface area contributed by atoms with Crippen LogP contribution in [0.5, 0.6) is 0 Å². The molecule has 160 valence electrons. The van der Waals surface area contributed by atoms with Crippen LogP contribution < -0.4 is 0 Å². The predicted octanol–water partition coefficient (Wildman–Crippen LogP) is 8.26. The number of hydrogen-bond acceptors (Lipinski definition) is 2. The van der Waals surface area contributed by atoms with Crippen molar-refractivity contribution in [2.75, 3.05) is 0 Å². The minimum absolute atomic E-state index is 0.819. The second kappa shape index (κ2) is 7.46. The molecule has 3 heteroatoms. The number of hydrogen-bond donors (Lipinski definition) is 0. The van der Waals surface area contributed by atoms with Crippen molar-refractivity contribution >= 4 is 33.1 Å². The molecule has 0 fully saturated rings. The summed E-state index contributed by atoms with van der Waals surface area (Å²) in [6, 6.07) is 40.0. The number of para-hydroxylation sites is 1. The van der Waals surface area contributed by atoms with Crippen molar-refractivity contribution in [3.8, 4) is 27.9 Å². The van der Waals surface area contributed by atoms with Crippen LogP contribution in [0.1, 0.15) is 0 Å². The summed E-state index contributed by atoms with van der Waals surface area (Å²) in [6.07, 6.45) is 1.85. The van der Waals surface area contributed by atoms with Gasteiger partial charge in [-0.25, -0.2) is 4.98 Å². The second-order valence-corrected chi connectivity index (χ2v) is 8.49. The number of furan rings is 1. The van der Waals surface area contributed by atoms with E-state index in [1.54, 1.807) is 0 Å². The van der Waals surface area contributed by atoms with Gasteiger partial charge in [-0.05, 0) is 58.7 Å². The molecule has 0 N–H and O–H groups in total. The number of benzene rings is 4. The van der Waals surface area contributed by atoms with Crippen LogP contribution >= 0.6 is 0 Å². The van der Waals surface area contributed by atoms with Gasteiger partial charge < -0.3 is 4.42 Å². The second-order valence-electron chi connectivity index (χ2n) is 8.49. The standard InChI is InChI=1S/C31H20N2O/c1-3-10-21(11-4-1)23-18-24(22-12-5-2-6-13-22)20-25(19-23)33-30-27(15-9-17-32-30)29-26-14-7-8-16-28(26)34-31(29)33/h1-20H. The Morgan fingerprint density at radius 3 is 1.88 bits per heavy atom. The smallest absolute Gasteiger partial charge is 0.215 e. The zero-order valence-electron chi connectivity index (χ0n) is 18.3. The molecule has 7 aromatic rings. The lowest BCUT2D eigenvalue weighted by Crippen LogP contribution is -1.96. The number of rotatable bonds is 3. The number of nitrogens with zero attached hydrogens (tertiary/aromatic N) is 2. The van der Waals surface area contributed by atoms with E-state index in [9.17, 15) is 0 Å². The van der Waals surface area contributed by atoms with Gasteiger partial charge in [0, 0.05) is 17.0 Å². The first kappa shape index (κ1) is 18.9. The minimum Gasteiger partial charge on any atom is -0.439 e. The predicted molar refractivity (Wildman–Crippen MR) is 139 cm³/mol. The molecule has 34 heavy (non-hydrogen) atoms. The van der Waals surface area contributed by atoms with Crippen LogP contribution in [0.4, 0.5) is 0 Å². The van der Waals surface area contributed by atoms with E-state index in [2.05, 4.69) is 89.5 Å². The fraction of sp³-hybridized carbons (Fsp3) is 0. The van der Waals surface area contributed by atoms with Crippen molar-refractivity contribution in [2.45, 2.75) is 0 Å². The Hall–Kier alpha value is -4.63. The quantitative estimate of drug-likeness (QED) is 0.279. The maximum Gasteiger partial charge on any atom is 0.215 e. The van der Waals surface area contributed by atoms with E-state index in [-0.39, 0.29) is 0 Å². The molecule has 3 nitrogen and oxygen atoms in total. The van der Waals surface area contributed by atoms with Crippen molar-refractivity contribution in [2.24, 2.45) is 0 Å². The SMILES string of the molecule is c1ccc(-c2cc(-c3ccccc3)cc(-n3c4ncccc4c4c5ccccc5oc43)c2)cc1. The highest BCUT2D eigenvalue weighted by atomic mass is 16.3. The third-order valence-electron chi connectivity index (χ3n) is 6.44. The van der Waals surface area contributed by atoms with E-state index in [0.29, 0.717) is 0 Å². The number of pyridine rings is 1. The van der Waals surface area contributed by atoms with Gasteiger partial charge in [-0.1, -0.05) is 78.9 Å². The molecule has 0 saturated carbocycles. The van der Waals surface area contributed by atoms with Gasteiger partial charge in [-0.15, -0.1) is 0 Å². The Balaban J connectivity index is 1.59. The third-order valence-corrected chi connectivity index (χ3v) is 6.44. The van der Waals surface area contributed by atoms with Crippen LogP contribution in [0.2, 0.25) is 0 Å². The van der Waals surface area contributed by atoms with Gasteiger partial charge in [0.1, 0.15) is 11.2 Å². The van der Waals surface area contributed by atoms with Crippen molar-refractivity contribution in [3.05, 3.63) is 121 Å². The molecule has 0 amide bonds. The van der Waals surface area contributed by atoms with E-state index < -0.39 is 0 Å². The monoisotopic (exact) mass is 436 g/mol. The molecule has 0 saturated heterocycles. The largest absolute Gasteiger partial charge is 0.439 e. The molecule has 0 bridgehead atoms. The first-order valence-corrected chi connectivity index (χ1v) is 11.4. The van der Waals surface area contributed by atoms with Crippen LogP contribution in [0, 0.1) is 0 Å². The molecule has 0 spiro atoms. The normalized spacial score (nSPS) is 11.5. The van der Waals surface area contributed by atoms with Gasteiger partial charge in [0.15, 0.2) is 0 Å². The van der Waals surface area contributed by atoms with Crippen molar-refractivity contribution in [3.63, 3.8) is 0 Å². The summed E-state index contributed by atoms with van der Waals surface area (Å²) in [4.78, 5) is 4.78. The van der Waals surface area contributed by atoms with Gasteiger partial charge in [-0.2, -0.15) is 0 Å². The molecule has 0 aliphatic carbocycles. The summed E-state index contributed by atoms with van der Waals surface area (Å²) >= 11 is 0. The number of fused-ring (bicyclic) bond motifs is 5. The van der Waals surface area contributed by atoms with E-state index in [0.717, 1.165) is 49.9 Å². The Labute approximate surface area is 196 Å². The van der Waals surface area contributed by atoms with Gasteiger partial charge in [0.2, 0.25) is 5.71 Å². The fourth-order valence-electron chi connectivity index (χ4n) is 4.89. The summed E-state index contributed by atoms with van der Waals surface area (Å²) in [5.41, 5.74) is 8.27. The molecule has 7 rings (SSSR count). The van der Waals surface area contributed by atoms with Crippen LogP contribution in [0.15, 0.2) is 126 Å². The topological polar surface area (TPSA) is 31.0 Å². The fourth-order valence-corrected chi connectivity index (χ4v) is 4.89. The molecule has 4 aromatic carbocycles. The average Bonchev–Trinajstić information content (AvgIpc) is 3.44. The zero-order valence-corrected chi connectivity index (χ0v) is 18.3. The Morgan fingerprint density at radius 1 is 0.559 bits per heavy atom. The maximum atomic E-state index is 6.44. The van der Waals surface area contributed by atoms with E-state index >= 15 is 0 Å². The van der Waals surface area contributed by atoms with Crippen LogP contribution in [-0.2, 0) is 0 Å². The number of aromatic nitrogens is 2. The molecule has 0 atom stereocenters. The molecule has 0 radical (unpaired) electrons. The van der Waals surface area contributed by atoms with Gasteiger partial charge in [-0.3, -0.25) is 4.57 Å². The molecular formula is C31H20N2O. The molecule has 3 heterocycles. The molecule has 0 unspecified atom stereocenters. The van der Waals surface area contributed by atoms with Crippen LogP contribution in [-0.4, -0.2) is 9.55 Å². The Morgan fingerprint density at radius 2 is 1.18 bits per heavy atom. The van der Waals surface area contributed by atoms with Crippen molar-refractivity contribution in [1.29, 1.82) is 0 Å². The van der Waals surface area contributed by atoms with Gasteiger partial charge >= 0.3 is 0 Å². The molecular weight excluding hydrogens is 416 g/mol. The lowest BCUT2D eigenvalue weighted by atomic mass is 9.98. The summed E-state index contributed by atoms with van der Waals surface area (Å²) in [7, 11) is 0. The summed E-state index contributed by atoms with van der Waals surface area (Å²) < 4.78 is 8.59. The third kappa shape index (κ3) is 2.87. The first-order chi connectivity index (χ1) is 16.9. The van der Waals surface area contributed by atoms with E-state index in [1.165, 1.54) is 11.1 Å².